The van der Waals surface area contributed by atoms with E-state index in [-0.39, 0.29) is 18.0 Å². The number of anilines is 1. The van der Waals surface area contributed by atoms with Crippen LogP contribution in [0.15, 0.2) is 22.6 Å². The Balaban J connectivity index is 1.90. The van der Waals surface area contributed by atoms with E-state index >= 15 is 0 Å². The van der Waals surface area contributed by atoms with Crippen molar-refractivity contribution in [2.45, 2.75) is 25.0 Å². The molecule has 0 spiro atoms. The number of oxazole rings is 1. The van der Waals surface area contributed by atoms with Gasteiger partial charge in [-0.05, 0) is 25.0 Å². The number of aliphatic hydroxyl groups excluding tert-OH is 1. The van der Waals surface area contributed by atoms with Crippen molar-refractivity contribution in [1.82, 2.24) is 4.98 Å². The fraction of sp³-hybridized carbons (Fsp3) is 0.417. The average Bonchev–Trinajstić information content (AvgIpc) is 2.66. The summed E-state index contributed by atoms with van der Waals surface area (Å²) in [6, 6.07) is 5.02. The molecule has 1 N–H and O–H groups in total. The summed E-state index contributed by atoms with van der Waals surface area (Å²) < 4.78 is 18.5. The third kappa shape index (κ3) is 1.76. The quantitative estimate of drug-likeness (QED) is 0.865. The highest BCUT2D eigenvalue weighted by Crippen LogP contribution is 2.30. The number of halogens is 1. The summed E-state index contributed by atoms with van der Waals surface area (Å²) >= 11 is 0. The molecule has 5 heteroatoms. The van der Waals surface area contributed by atoms with Gasteiger partial charge in [-0.1, -0.05) is 0 Å². The first kappa shape index (κ1) is 10.5. The first-order valence-electron chi connectivity index (χ1n) is 5.60. The molecule has 1 aliphatic rings. The molecule has 0 atom stereocenters. The van der Waals surface area contributed by atoms with Crippen molar-refractivity contribution in [2.75, 3.05) is 11.9 Å². The predicted octanol–water partition coefficient (Wildman–Crippen LogP) is 1.93. The highest BCUT2D eigenvalue weighted by atomic mass is 19.1. The van der Waals surface area contributed by atoms with E-state index in [1.807, 2.05) is 11.9 Å². The number of aromatic nitrogens is 1. The molecule has 0 unspecified atom stereocenters. The molecule has 3 rings (SSSR count). The fourth-order valence-corrected chi connectivity index (χ4v) is 2.07. The fourth-order valence-electron chi connectivity index (χ4n) is 2.07. The molecule has 0 radical (unpaired) electrons. The summed E-state index contributed by atoms with van der Waals surface area (Å²) in [4.78, 5) is 6.19. The Morgan fingerprint density at radius 1 is 1.47 bits per heavy atom. The molecule has 0 bridgehead atoms. The number of aliphatic hydroxyl groups is 1. The van der Waals surface area contributed by atoms with Crippen LogP contribution in [0.25, 0.3) is 11.1 Å². The summed E-state index contributed by atoms with van der Waals surface area (Å²) in [6.07, 6.45) is 1.23. The number of rotatable bonds is 2. The Kier molecular flexibility index (Phi) is 2.29. The van der Waals surface area contributed by atoms with Crippen molar-refractivity contribution in [3.8, 4) is 0 Å². The first-order valence-corrected chi connectivity index (χ1v) is 5.60. The second kappa shape index (κ2) is 3.70. The highest BCUT2D eigenvalue weighted by molar-refractivity contribution is 5.74. The van der Waals surface area contributed by atoms with Crippen molar-refractivity contribution >= 4 is 17.1 Å². The Morgan fingerprint density at radius 2 is 2.24 bits per heavy atom. The van der Waals surface area contributed by atoms with Crippen LogP contribution in [-0.4, -0.2) is 29.3 Å². The van der Waals surface area contributed by atoms with Crippen molar-refractivity contribution in [3.05, 3.63) is 24.0 Å². The topological polar surface area (TPSA) is 49.5 Å². The van der Waals surface area contributed by atoms with Gasteiger partial charge in [0.1, 0.15) is 11.3 Å². The largest absolute Gasteiger partial charge is 0.423 e. The molecule has 17 heavy (non-hydrogen) atoms. The van der Waals surface area contributed by atoms with Gasteiger partial charge < -0.3 is 14.4 Å². The SMILES string of the molecule is CN(c1nc2ccc(F)cc2o1)C1CC(O)C1. The van der Waals surface area contributed by atoms with Crippen molar-refractivity contribution in [3.63, 3.8) is 0 Å². The molecule has 1 aromatic heterocycles. The summed E-state index contributed by atoms with van der Waals surface area (Å²) in [6.45, 7) is 0. The van der Waals surface area contributed by atoms with Gasteiger partial charge in [-0.15, -0.1) is 0 Å². The molecular weight excluding hydrogens is 223 g/mol. The molecule has 0 amide bonds. The van der Waals surface area contributed by atoms with E-state index in [2.05, 4.69) is 4.98 Å². The van der Waals surface area contributed by atoms with Gasteiger partial charge in [-0.25, -0.2) is 4.39 Å². The van der Waals surface area contributed by atoms with Gasteiger partial charge in [-0.2, -0.15) is 4.98 Å². The number of nitrogens with zero attached hydrogens (tertiary/aromatic N) is 2. The second-order valence-electron chi connectivity index (χ2n) is 4.50. The van der Waals surface area contributed by atoms with Crippen LogP contribution in [0, 0.1) is 5.82 Å². The minimum absolute atomic E-state index is 0.218. The maximum Gasteiger partial charge on any atom is 0.298 e. The summed E-state index contributed by atoms with van der Waals surface area (Å²) in [5.74, 6) is -0.332. The van der Waals surface area contributed by atoms with E-state index < -0.39 is 0 Å². The van der Waals surface area contributed by atoms with Gasteiger partial charge in [-0.3, -0.25) is 0 Å². The van der Waals surface area contributed by atoms with E-state index in [0.29, 0.717) is 17.1 Å². The molecule has 1 heterocycles. The second-order valence-corrected chi connectivity index (χ2v) is 4.50. The third-order valence-electron chi connectivity index (χ3n) is 3.28. The van der Waals surface area contributed by atoms with Crippen molar-refractivity contribution in [1.29, 1.82) is 0 Å². The Morgan fingerprint density at radius 3 is 2.94 bits per heavy atom. The van der Waals surface area contributed by atoms with Crippen molar-refractivity contribution in [2.24, 2.45) is 0 Å². The van der Waals surface area contributed by atoms with Crippen molar-refractivity contribution < 1.29 is 13.9 Å². The molecule has 4 nitrogen and oxygen atoms in total. The minimum atomic E-state index is -0.332. The molecule has 2 aromatic rings. The Labute approximate surface area is 97.7 Å². The third-order valence-corrected chi connectivity index (χ3v) is 3.28. The van der Waals surface area contributed by atoms with Crippen LogP contribution in [0.1, 0.15) is 12.8 Å². The average molecular weight is 236 g/mol. The summed E-state index contributed by atoms with van der Waals surface area (Å²) in [5, 5.41) is 9.26. The number of hydrogen-bond donors (Lipinski definition) is 1. The Hall–Kier alpha value is -1.62. The zero-order valence-electron chi connectivity index (χ0n) is 9.43. The molecule has 1 saturated carbocycles. The van der Waals surface area contributed by atoms with Gasteiger partial charge in [0.05, 0.1) is 6.10 Å². The molecular formula is C12H13FN2O2. The number of benzene rings is 1. The van der Waals surface area contributed by atoms with Crippen LogP contribution in [0.4, 0.5) is 10.4 Å². The smallest absolute Gasteiger partial charge is 0.298 e. The molecule has 90 valence electrons. The predicted molar refractivity (Wildman–Crippen MR) is 61.4 cm³/mol. The molecule has 1 fully saturated rings. The van der Waals surface area contributed by atoms with Crippen LogP contribution in [0.5, 0.6) is 0 Å². The monoisotopic (exact) mass is 236 g/mol. The maximum absolute atomic E-state index is 13.0. The normalized spacial score (nSPS) is 23.7. The summed E-state index contributed by atoms with van der Waals surface area (Å²) in [7, 11) is 1.87. The molecule has 1 aromatic carbocycles. The van der Waals surface area contributed by atoms with Crippen LogP contribution in [-0.2, 0) is 0 Å². The van der Waals surface area contributed by atoms with Gasteiger partial charge >= 0.3 is 0 Å². The number of fused-ring (bicyclic) bond motifs is 1. The lowest BCUT2D eigenvalue weighted by molar-refractivity contribution is 0.0737. The Bertz CT molecular complexity index is 548. The van der Waals surface area contributed by atoms with Gasteiger partial charge in [0.25, 0.3) is 6.01 Å². The standard InChI is InChI=1S/C12H13FN2O2/c1-15(8-5-9(16)6-8)12-14-10-3-2-7(13)4-11(10)17-12/h2-4,8-9,16H,5-6H2,1H3. The maximum atomic E-state index is 13.0. The lowest BCUT2D eigenvalue weighted by Gasteiger charge is -2.37. The van der Waals surface area contributed by atoms with E-state index in [9.17, 15) is 9.50 Å². The molecule has 0 aliphatic heterocycles. The lowest BCUT2D eigenvalue weighted by Crippen LogP contribution is -2.45. The van der Waals surface area contributed by atoms with E-state index in [1.165, 1.54) is 12.1 Å². The minimum Gasteiger partial charge on any atom is -0.423 e. The van der Waals surface area contributed by atoms with E-state index in [1.54, 1.807) is 6.07 Å². The van der Waals surface area contributed by atoms with Crippen LogP contribution >= 0.6 is 0 Å². The van der Waals surface area contributed by atoms with Gasteiger partial charge in [0, 0.05) is 19.2 Å². The van der Waals surface area contributed by atoms with E-state index in [0.717, 1.165) is 12.8 Å². The molecule has 0 saturated heterocycles. The van der Waals surface area contributed by atoms with Crippen LogP contribution < -0.4 is 4.90 Å². The first-order chi connectivity index (χ1) is 8.13. The zero-order valence-corrected chi connectivity index (χ0v) is 9.43. The van der Waals surface area contributed by atoms with Gasteiger partial charge in [0.2, 0.25) is 0 Å². The lowest BCUT2D eigenvalue weighted by atomic mass is 9.89. The molecule has 1 aliphatic carbocycles. The van der Waals surface area contributed by atoms with E-state index in [4.69, 9.17) is 4.42 Å². The van der Waals surface area contributed by atoms with Crippen LogP contribution in [0.2, 0.25) is 0 Å². The zero-order chi connectivity index (χ0) is 12.0. The summed E-state index contributed by atoms with van der Waals surface area (Å²) in [5.41, 5.74) is 1.10. The number of hydrogen-bond acceptors (Lipinski definition) is 4. The van der Waals surface area contributed by atoms with Gasteiger partial charge in [0.15, 0.2) is 5.58 Å². The van der Waals surface area contributed by atoms with Crippen LogP contribution in [0.3, 0.4) is 0 Å². The highest BCUT2D eigenvalue weighted by Gasteiger charge is 2.32.